The topological polar surface area (TPSA) is 89.4 Å². The molecular formula is C28H28N5O. The first kappa shape index (κ1) is 21.2. The van der Waals surface area contributed by atoms with Gasteiger partial charge in [0.05, 0.1) is 23.9 Å². The van der Waals surface area contributed by atoms with Crippen molar-refractivity contribution in [1.82, 2.24) is 20.2 Å². The van der Waals surface area contributed by atoms with Gasteiger partial charge in [0.15, 0.2) is 0 Å². The number of hydrogen-bond acceptors (Lipinski definition) is 5. The first-order valence-corrected chi connectivity index (χ1v) is 12.0. The third-order valence-electron chi connectivity index (χ3n) is 7.21. The number of fused-ring (bicyclic) bond motifs is 2. The van der Waals surface area contributed by atoms with Crippen molar-refractivity contribution >= 4 is 16.9 Å². The van der Waals surface area contributed by atoms with Crippen molar-refractivity contribution in [1.29, 1.82) is 0 Å². The number of likely N-dealkylation sites (tertiary alicyclic amines) is 1. The van der Waals surface area contributed by atoms with Gasteiger partial charge in [-0.3, -0.25) is 4.90 Å². The van der Waals surface area contributed by atoms with Crippen molar-refractivity contribution < 1.29 is 5.11 Å². The Morgan fingerprint density at radius 3 is 2.76 bits per heavy atom. The summed E-state index contributed by atoms with van der Waals surface area (Å²) in [6.45, 7) is 2.76. The molecule has 6 rings (SSSR count). The van der Waals surface area contributed by atoms with E-state index in [4.69, 9.17) is 11.1 Å². The molecule has 1 saturated heterocycles. The SMILES string of the molecule is Nc1nc(C2[N]Cc3ccccc32)c2cc(-c3ccccc3CN3CCCC3CO)ccc2n1. The van der Waals surface area contributed by atoms with Crippen molar-refractivity contribution in [2.45, 2.75) is 38.0 Å². The predicted molar refractivity (Wildman–Crippen MR) is 134 cm³/mol. The van der Waals surface area contributed by atoms with Crippen molar-refractivity contribution in [3.8, 4) is 11.1 Å². The number of hydrogen-bond donors (Lipinski definition) is 2. The highest BCUT2D eigenvalue weighted by atomic mass is 16.3. The minimum absolute atomic E-state index is 0.135. The third-order valence-corrected chi connectivity index (χ3v) is 7.21. The van der Waals surface area contributed by atoms with E-state index in [1.807, 2.05) is 6.07 Å². The van der Waals surface area contributed by atoms with E-state index in [9.17, 15) is 5.11 Å². The summed E-state index contributed by atoms with van der Waals surface area (Å²) in [7, 11) is 0. The minimum atomic E-state index is -0.135. The van der Waals surface area contributed by atoms with Crippen LogP contribution in [0.25, 0.3) is 22.0 Å². The number of aliphatic hydroxyl groups is 1. The highest BCUT2D eigenvalue weighted by Crippen LogP contribution is 2.37. The van der Waals surface area contributed by atoms with E-state index >= 15 is 0 Å². The fourth-order valence-electron chi connectivity index (χ4n) is 5.48. The lowest BCUT2D eigenvalue weighted by Crippen LogP contribution is -2.31. The fraction of sp³-hybridized carbons (Fsp3) is 0.286. The second-order valence-corrected chi connectivity index (χ2v) is 9.25. The molecule has 2 aliphatic rings. The Hall–Kier alpha value is -3.32. The molecule has 0 aliphatic carbocycles. The van der Waals surface area contributed by atoms with Crippen LogP contribution < -0.4 is 11.1 Å². The van der Waals surface area contributed by atoms with Gasteiger partial charge in [0, 0.05) is 24.5 Å². The summed E-state index contributed by atoms with van der Waals surface area (Å²) >= 11 is 0. The normalized spacial score (nSPS) is 20.1. The van der Waals surface area contributed by atoms with E-state index in [-0.39, 0.29) is 24.6 Å². The van der Waals surface area contributed by atoms with Gasteiger partial charge < -0.3 is 10.8 Å². The fourth-order valence-corrected chi connectivity index (χ4v) is 5.48. The molecule has 3 N–H and O–H groups in total. The first-order chi connectivity index (χ1) is 16.7. The largest absolute Gasteiger partial charge is 0.395 e. The molecule has 3 heterocycles. The highest BCUT2D eigenvalue weighted by Gasteiger charge is 2.28. The molecule has 6 nitrogen and oxygen atoms in total. The number of benzene rings is 3. The quantitative estimate of drug-likeness (QED) is 0.479. The van der Waals surface area contributed by atoms with Crippen LogP contribution in [0.4, 0.5) is 5.95 Å². The molecule has 0 saturated carbocycles. The molecule has 34 heavy (non-hydrogen) atoms. The highest BCUT2D eigenvalue weighted by molar-refractivity contribution is 5.88. The zero-order valence-electron chi connectivity index (χ0n) is 19.1. The van der Waals surface area contributed by atoms with Gasteiger partial charge in [0.2, 0.25) is 5.95 Å². The minimum Gasteiger partial charge on any atom is -0.395 e. The second kappa shape index (κ2) is 8.80. The van der Waals surface area contributed by atoms with E-state index in [2.05, 4.69) is 75.5 Å². The molecule has 0 bridgehead atoms. The molecule has 2 atom stereocenters. The maximum atomic E-state index is 9.77. The van der Waals surface area contributed by atoms with Crippen molar-refractivity contribution in [2.24, 2.45) is 0 Å². The summed E-state index contributed by atoms with van der Waals surface area (Å²) in [5.74, 6) is 0.277. The summed E-state index contributed by atoms with van der Waals surface area (Å²) in [6, 6.07) is 23.4. The van der Waals surface area contributed by atoms with E-state index < -0.39 is 0 Å². The number of rotatable bonds is 5. The number of nitrogens with two attached hydrogens (primary N) is 1. The molecule has 171 valence electrons. The lowest BCUT2D eigenvalue weighted by molar-refractivity contribution is 0.154. The first-order valence-electron chi connectivity index (χ1n) is 12.0. The molecule has 1 radical (unpaired) electrons. The summed E-state index contributed by atoms with van der Waals surface area (Å²) in [4.78, 5) is 11.6. The van der Waals surface area contributed by atoms with Gasteiger partial charge >= 0.3 is 0 Å². The van der Waals surface area contributed by atoms with Gasteiger partial charge in [-0.15, -0.1) is 0 Å². The van der Waals surface area contributed by atoms with Gasteiger partial charge in [-0.05, 0) is 59.3 Å². The van der Waals surface area contributed by atoms with Crippen LogP contribution in [0.3, 0.4) is 0 Å². The van der Waals surface area contributed by atoms with E-state index in [0.717, 1.165) is 48.1 Å². The monoisotopic (exact) mass is 450 g/mol. The van der Waals surface area contributed by atoms with Crippen molar-refractivity contribution in [2.75, 3.05) is 18.9 Å². The molecule has 4 aromatic rings. The molecule has 1 aromatic heterocycles. The van der Waals surface area contributed by atoms with Crippen LogP contribution in [-0.2, 0) is 13.1 Å². The number of nitrogen functional groups attached to an aromatic ring is 1. The predicted octanol–water partition coefficient (Wildman–Crippen LogP) is 4.04. The summed E-state index contributed by atoms with van der Waals surface area (Å²) < 4.78 is 0. The molecule has 3 aromatic carbocycles. The Bertz CT molecular complexity index is 1350. The van der Waals surface area contributed by atoms with Gasteiger partial charge in [-0.25, -0.2) is 15.3 Å². The van der Waals surface area contributed by atoms with Crippen molar-refractivity contribution in [3.63, 3.8) is 0 Å². The molecule has 0 amide bonds. The number of nitrogens with zero attached hydrogens (tertiary/aromatic N) is 4. The van der Waals surface area contributed by atoms with E-state index in [1.165, 1.54) is 22.3 Å². The Kier molecular flexibility index (Phi) is 5.49. The van der Waals surface area contributed by atoms with Crippen LogP contribution in [0.1, 0.15) is 41.3 Å². The zero-order chi connectivity index (χ0) is 23.1. The van der Waals surface area contributed by atoms with Crippen LogP contribution in [0.5, 0.6) is 0 Å². The Morgan fingerprint density at radius 2 is 1.85 bits per heavy atom. The van der Waals surface area contributed by atoms with E-state index in [0.29, 0.717) is 6.54 Å². The molecule has 2 aliphatic heterocycles. The lowest BCUT2D eigenvalue weighted by atomic mass is 9.95. The van der Waals surface area contributed by atoms with E-state index in [1.54, 1.807) is 0 Å². The number of anilines is 1. The maximum absolute atomic E-state index is 9.77. The average molecular weight is 451 g/mol. The third kappa shape index (κ3) is 3.74. The van der Waals surface area contributed by atoms with Crippen molar-refractivity contribution in [3.05, 3.63) is 89.1 Å². The Morgan fingerprint density at radius 1 is 1.00 bits per heavy atom. The molecule has 2 unspecified atom stereocenters. The lowest BCUT2D eigenvalue weighted by Gasteiger charge is -2.24. The van der Waals surface area contributed by atoms with Gasteiger partial charge in [-0.2, -0.15) is 0 Å². The smallest absolute Gasteiger partial charge is 0.220 e. The van der Waals surface area contributed by atoms with Gasteiger partial charge in [-0.1, -0.05) is 54.6 Å². The molecule has 1 fully saturated rings. The number of aliphatic hydroxyl groups excluding tert-OH is 1. The van der Waals surface area contributed by atoms with Crippen LogP contribution >= 0.6 is 0 Å². The Labute approximate surface area is 199 Å². The second-order valence-electron chi connectivity index (χ2n) is 9.25. The summed E-state index contributed by atoms with van der Waals surface area (Å²) in [5, 5.41) is 15.7. The zero-order valence-corrected chi connectivity index (χ0v) is 19.1. The van der Waals surface area contributed by atoms with Gasteiger partial charge in [0.1, 0.15) is 0 Å². The van der Waals surface area contributed by atoms with Crippen LogP contribution in [0, 0.1) is 0 Å². The Balaban J connectivity index is 1.43. The van der Waals surface area contributed by atoms with Crippen LogP contribution in [-0.4, -0.2) is 39.2 Å². The average Bonchev–Trinajstić information content (AvgIpc) is 3.50. The summed E-state index contributed by atoms with van der Waals surface area (Å²) in [6.07, 6.45) is 2.20. The maximum Gasteiger partial charge on any atom is 0.220 e. The molecule has 0 spiro atoms. The number of aromatic nitrogens is 2. The standard InChI is InChI=1S/C28H28N5O/c29-28-31-25-12-11-18(22-9-3-2-7-20(22)16-33-13-5-8-21(33)17-34)14-24(25)27(32-28)26-23-10-4-1-6-19(23)15-30-26/h1-4,6-7,9-12,14,21,26,34H,5,8,13,15-17H2,(H2,29,31,32). The van der Waals surface area contributed by atoms with Crippen LogP contribution in [0.2, 0.25) is 0 Å². The molecule has 6 heteroatoms. The van der Waals surface area contributed by atoms with Crippen LogP contribution in [0.15, 0.2) is 66.7 Å². The van der Waals surface area contributed by atoms with Gasteiger partial charge in [0.25, 0.3) is 0 Å². The molecular weight excluding hydrogens is 422 g/mol. The summed E-state index contributed by atoms with van der Waals surface area (Å²) in [5.41, 5.74) is 13.8.